The van der Waals surface area contributed by atoms with Gasteiger partial charge in [-0.05, 0) is 38.7 Å². The van der Waals surface area contributed by atoms with Crippen LogP contribution in [0.5, 0.6) is 0 Å². The smallest absolute Gasteiger partial charge is 0.224 e. The molecule has 2 heterocycles. The summed E-state index contributed by atoms with van der Waals surface area (Å²) in [6.45, 7) is 4.57. The molecule has 124 valence electrons. The molecule has 0 spiro atoms. The van der Waals surface area contributed by atoms with Gasteiger partial charge >= 0.3 is 0 Å². The summed E-state index contributed by atoms with van der Waals surface area (Å²) >= 11 is 0. The predicted molar refractivity (Wildman–Crippen MR) is 84.7 cm³/mol. The highest BCUT2D eigenvalue weighted by molar-refractivity contribution is 5.79. The van der Waals surface area contributed by atoms with E-state index in [2.05, 4.69) is 20.6 Å². The largest absolute Gasteiger partial charge is 0.391 e. The number of aromatic nitrogens is 4. The maximum absolute atomic E-state index is 12.3. The lowest BCUT2D eigenvalue weighted by Crippen LogP contribution is -2.40. The molecule has 2 aromatic rings. The fourth-order valence-corrected chi connectivity index (χ4v) is 3.35. The van der Waals surface area contributed by atoms with Crippen LogP contribution in [0.2, 0.25) is 0 Å². The number of aromatic amines is 1. The van der Waals surface area contributed by atoms with Crippen LogP contribution in [-0.2, 0) is 17.8 Å². The van der Waals surface area contributed by atoms with Crippen molar-refractivity contribution in [2.24, 2.45) is 5.92 Å². The fourth-order valence-electron chi connectivity index (χ4n) is 3.35. The predicted octanol–water partition coefficient (Wildman–Crippen LogP) is 0.721. The first-order chi connectivity index (χ1) is 11.0. The van der Waals surface area contributed by atoms with Gasteiger partial charge in [0.05, 0.1) is 24.3 Å². The molecular formula is C16H23N5O2. The van der Waals surface area contributed by atoms with Crippen LogP contribution in [0.4, 0.5) is 0 Å². The van der Waals surface area contributed by atoms with E-state index in [0.29, 0.717) is 18.8 Å². The molecule has 23 heavy (non-hydrogen) atoms. The van der Waals surface area contributed by atoms with Crippen molar-refractivity contribution >= 4 is 5.91 Å². The first-order valence-corrected chi connectivity index (χ1v) is 7.98. The maximum Gasteiger partial charge on any atom is 0.224 e. The molecule has 7 nitrogen and oxygen atoms in total. The van der Waals surface area contributed by atoms with Gasteiger partial charge in [0.1, 0.15) is 0 Å². The van der Waals surface area contributed by atoms with Crippen LogP contribution in [0.15, 0.2) is 18.5 Å². The monoisotopic (exact) mass is 317 g/mol. The lowest BCUT2D eigenvalue weighted by atomic mass is 10.1. The minimum Gasteiger partial charge on any atom is -0.391 e. The number of nitrogens with zero attached hydrogens (tertiary/aromatic N) is 3. The summed E-state index contributed by atoms with van der Waals surface area (Å²) in [7, 11) is 0. The Hall–Kier alpha value is -2.15. The molecule has 0 bridgehead atoms. The van der Waals surface area contributed by atoms with Gasteiger partial charge in [-0.2, -0.15) is 10.2 Å². The molecule has 1 saturated carbocycles. The summed E-state index contributed by atoms with van der Waals surface area (Å²) < 4.78 is 1.87. The first kappa shape index (κ1) is 15.7. The van der Waals surface area contributed by atoms with Crippen molar-refractivity contribution in [2.45, 2.75) is 51.8 Å². The van der Waals surface area contributed by atoms with Crippen molar-refractivity contribution in [2.75, 3.05) is 0 Å². The number of H-pyrrole nitrogens is 1. The Morgan fingerprint density at radius 1 is 1.48 bits per heavy atom. The van der Waals surface area contributed by atoms with Gasteiger partial charge in [-0.1, -0.05) is 0 Å². The zero-order valence-corrected chi connectivity index (χ0v) is 13.5. The molecule has 7 heteroatoms. The lowest BCUT2D eigenvalue weighted by Gasteiger charge is -2.16. The van der Waals surface area contributed by atoms with E-state index in [-0.39, 0.29) is 11.9 Å². The molecule has 2 aromatic heterocycles. The first-order valence-electron chi connectivity index (χ1n) is 7.98. The van der Waals surface area contributed by atoms with E-state index in [1.165, 1.54) is 0 Å². The summed E-state index contributed by atoms with van der Waals surface area (Å²) in [6.07, 6.45) is 4.93. The van der Waals surface area contributed by atoms with E-state index >= 15 is 0 Å². The number of nitrogens with one attached hydrogen (secondary N) is 2. The second-order valence-electron chi connectivity index (χ2n) is 6.40. The number of aliphatic hydroxyl groups excluding tert-OH is 1. The SMILES string of the molecule is Cc1n[nH]c(C)c1CC(=O)N[C@@H]1CC(Cn2cccn2)C[C@H]1O. The number of hydrogen-bond donors (Lipinski definition) is 3. The van der Waals surface area contributed by atoms with Crippen LogP contribution in [0.3, 0.4) is 0 Å². The third-order valence-corrected chi connectivity index (χ3v) is 4.60. The minimum atomic E-state index is -0.494. The molecule has 1 fully saturated rings. The van der Waals surface area contributed by atoms with Gasteiger partial charge in [0.2, 0.25) is 5.91 Å². The third kappa shape index (κ3) is 3.61. The van der Waals surface area contributed by atoms with Crippen molar-refractivity contribution in [3.63, 3.8) is 0 Å². The van der Waals surface area contributed by atoms with Gasteiger partial charge < -0.3 is 10.4 Å². The quantitative estimate of drug-likeness (QED) is 0.757. The molecule has 1 unspecified atom stereocenters. The van der Waals surface area contributed by atoms with E-state index in [4.69, 9.17) is 0 Å². The van der Waals surface area contributed by atoms with Crippen LogP contribution in [-0.4, -0.2) is 43.1 Å². The Kier molecular flexibility index (Phi) is 4.47. The van der Waals surface area contributed by atoms with Gasteiger partial charge in [0.15, 0.2) is 0 Å². The highest BCUT2D eigenvalue weighted by Gasteiger charge is 2.34. The van der Waals surface area contributed by atoms with Crippen molar-refractivity contribution in [1.82, 2.24) is 25.3 Å². The number of amides is 1. The Bertz CT molecular complexity index is 645. The van der Waals surface area contributed by atoms with Crippen LogP contribution in [0.25, 0.3) is 0 Å². The number of rotatable bonds is 5. The van der Waals surface area contributed by atoms with Gasteiger partial charge in [-0.15, -0.1) is 0 Å². The molecule has 0 aromatic carbocycles. The standard InChI is InChI=1S/C16H23N5O2/c1-10-13(11(2)20-19-10)8-16(23)18-14-6-12(7-15(14)22)9-21-5-3-4-17-21/h3-5,12,14-15,22H,6-9H2,1-2H3,(H,18,23)(H,19,20)/t12?,14-,15-/m1/s1. The van der Waals surface area contributed by atoms with Crippen LogP contribution >= 0.6 is 0 Å². The highest BCUT2D eigenvalue weighted by Crippen LogP contribution is 2.27. The van der Waals surface area contributed by atoms with Gasteiger partial charge in [-0.25, -0.2) is 0 Å². The summed E-state index contributed by atoms with van der Waals surface area (Å²) in [5.41, 5.74) is 2.70. The van der Waals surface area contributed by atoms with Crippen molar-refractivity contribution in [3.05, 3.63) is 35.4 Å². The summed E-state index contributed by atoms with van der Waals surface area (Å²) in [6, 6.07) is 1.70. The van der Waals surface area contributed by atoms with Gasteiger partial charge in [0, 0.05) is 30.2 Å². The minimum absolute atomic E-state index is 0.0682. The number of aryl methyl sites for hydroxylation is 2. The molecule has 3 N–H and O–H groups in total. The number of carbonyl (C=O) groups is 1. The van der Waals surface area contributed by atoms with E-state index in [1.54, 1.807) is 6.20 Å². The molecule has 1 amide bonds. The topological polar surface area (TPSA) is 95.8 Å². The molecule has 1 aliphatic carbocycles. The van der Waals surface area contributed by atoms with Crippen molar-refractivity contribution in [1.29, 1.82) is 0 Å². The van der Waals surface area contributed by atoms with Gasteiger partial charge in [0.25, 0.3) is 0 Å². The average molecular weight is 317 g/mol. The average Bonchev–Trinajstić information content (AvgIpc) is 3.19. The Morgan fingerprint density at radius 2 is 2.30 bits per heavy atom. The number of aliphatic hydroxyl groups is 1. The zero-order chi connectivity index (χ0) is 16.4. The molecule has 0 saturated heterocycles. The van der Waals surface area contributed by atoms with E-state index in [9.17, 15) is 9.90 Å². The Balaban J connectivity index is 1.54. The van der Waals surface area contributed by atoms with E-state index < -0.39 is 6.10 Å². The fraction of sp³-hybridized carbons (Fsp3) is 0.562. The number of carbonyl (C=O) groups excluding carboxylic acids is 1. The highest BCUT2D eigenvalue weighted by atomic mass is 16.3. The lowest BCUT2D eigenvalue weighted by molar-refractivity contribution is -0.121. The molecule has 1 aliphatic rings. The molecule has 0 radical (unpaired) electrons. The number of hydrogen-bond acceptors (Lipinski definition) is 4. The van der Waals surface area contributed by atoms with Gasteiger partial charge in [-0.3, -0.25) is 14.6 Å². The van der Waals surface area contributed by atoms with Crippen LogP contribution in [0, 0.1) is 19.8 Å². The second-order valence-corrected chi connectivity index (χ2v) is 6.40. The van der Waals surface area contributed by atoms with E-state index in [0.717, 1.165) is 29.9 Å². The summed E-state index contributed by atoms with van der Waals surface area (Å²) in [5, 5.41) is 24.4. The second kappa shape index (κ2) is 6.54. The van der Waals surface area contributed by atoms with Crippen LogP contribution in [0.1, 0.15) is 29.8 Å². The Labute approximate surface area is 135 Å². The summed E-state index contributed by atoms with van der Waals surface area (Å²) in [4.78, 5) is 12.3. The summed E-state index contributed by atoms with van der Waals surface area (Å²) in [5.74, 6) is 0.258. The molecular weight excluding hydrogens is 294 g/mol. The molecule has 0 aliphatic heterocycles. The Morgan fingerprint density at radius 3 is 2.96 bits per heavy atom. The molecule has 3 atom stereocenters. The van der Waals surface area contributed by atoms with Crippen LogP contribution < -0.4 is 5.32 Å². The zero-order valence-electron chi connectivity index (χ0n) is 13.5. The van der Waals surface area contributed by atoms with Crippen molar-refractivity contribution in [3.8, 4) is 0 Å². The van der Waals surface area contributed by atoms with E-state index in [1.807, 2.05) is 30.8 Å². The maximum atomic E-state index is 12.3. The molecule has 3 rings (SSSR count). The van der Waals surface area contributed by atoms with Crippen molar-refractivity contribution < 1.29 is 9.90 Å². The normalized spacial score (nSPS) is 24.0. The third-order valence-electron chi connectivity index (χ3n) is 4.60.